The van der Waals surface area contributed by atoms with Crippen molar-refractivity contribution in [3.63, 3.8) is 0 Å². The molecule has 2 aromatic rings. The molecule has 0 aliphatic heterocycles. The second-order valence-electron chi connectivity index (χ2n) is 5.73. The number of hydrogen-bond donors (Lipinski definition) is 1. The Morgan fingerprint density at radius 2 is 2.21 bits per heavy atom. The molecule has 0 radical (unpaired) electrons. The lowest BCUT2D eigenvalue weighted by atomic mass is 9.97. The predicted molar refractivity (Wildman–Crippen MR) is 75.3 cm³/mol. The van der Waals surface area contributed by atoms with Gasteiger partial charge in [0.05, 0.1) is 6.42 Å². The van der Waals surface area contributed by atoms with Crippen LogP contribution >= 0.6 is 0 Å². The van der Waals surface area contributed by atoms with E-state index in [1.165, 1.54) is 23.7 Å². The highest BCUT2D eigenvalue weighted by Crippen LogP contribution is 2.32. The highest BCUT2D eigenvalue weighted by atomic mass is 16.4. The molecule has 19 heavy (non-hydrogen) atoms. The number of aromatic nitrogens is 1. The van der Waals surface area contributed by atoms with Gasteiger partial charge < -0.3 is 9.67 Å². The van der Waals surface area contributed by atoms with E-state index in [0.717, 1.165) is 18.0 Å². The molecule has 100 valence electrons. The van der Waals surface area contributed by atoms with Crippen LogP contribution < -0.4 is 0 Å². The van der Waals surface area contributed by atoms with Crippen LogP contribution in [0.2, 0.25) is 0 Å². The zero-order valence-corrected chi connectivity index (χ0v) is 11.2. The molecule has 3 nitrogen and oxygen atoms in total. The van der Waals surface area contributed by atoms with E-state index < -0.39 is 5.97 Å². The van der Waals surface area contributed by atoms with Crippen LogP contribution in [0, 0.1) is 5.92 Å². The molecule has 1 aliphatic rings. The van der Waals surface area contributed by atoms with E-state index in [4.69, 9.17) is 5.11 Å². The summed E-state index contributed by atoms with van der Waals surface area (Å²) in [6.07, 6.45) is 5.02. The molecule has 1 aromatic carbocycles. The van der Waals surface area contributed by atoms with Crippen LogP contribution in [0.4, 0.5) is 0 Å². The quantitative estimate of drug-likeness (QED) is 0.888. The van der Waals surface area contributed by atoms with Crippen molar-refractivity contribution in [3.8, 4) is 0 Å². The van der Waals surface area contributed by atoms with E-state index in [9.17, 15) is 4.79 Å². The largest absolute Gasteiger partial charge is 0.481 e. The molecule has 0 bridgehead atoms. The van der Waals surface area contributed by atoms with Gasteiger partial charge in [-0.1, -0.05) is 19.1 Å². The van der Waals surface area contributed by atoms with Gasteiger partial charge in [-0.3, -0.25) is 4.79 Å². The van der Waals surface area contributed by atoms with Crippen LogP contribution in [0.1, 0.15) is 37.7 Å². The fraction of sp³-hybridized carbons (Fsp3) is 0.438. The van der Waals surface area contributed by atoms with Gasteiger partial charge in [-0.2, -0.15) is 0 Å². The molecule has 3 heteroatoms. The van der Waals surface area contributed by atoms with Gasteiger partial charge in [0.25, 0.3) is 0 Å². The standard InChI is InChI=1S/C16H19NO2/c1-11(8-16(18)19)14-5-4-13-6-7-17(15(13)9-14)10-12-2-3-12/h4-7,9,11-12H,2-3,8,10H2,1H3,(H,18,19). The average Bonchev–Trinajstić information content (AvgIpc) is 3.09. The van der Waals surface area contributed by atoms with E-state index in [-0.39, 0.29) is 12.3 Å². The molecule has 1 saturated carbocycles. The zero-order valence-electron chi connectivity index (χ0n) is 11.2. The topological polar surface area (TPSA) is 42.2 Å². The van der Waals surface area contributed by atoms with Crippen LogP contribution in [0.15, 0.2) is 30.5 Å². The summed E-state index contributed by atoms with van der Waals surface area (Å²) < 4.78 is 2.31. The number of aliphatic carboxylic acids is 1. The van der Waals surface area contributed by atoms with Gasteiger partial charge in [0.1, 0.15) is 0 Å². The first-order valence-electron chi connectivity index (χ1n) is 6.94. The van der Waals surface area contributed by atoms with E-state index in [0.29, 0.717) is 0 Å². The summed E-state index contributed by atoms with van der Waals surface area (Å²) in [6.45, 7) is 3.07. The van der Waals surface area contributed by atoms with Gasteiger partial charge in [0, 0.05) is 18.3 Å². The van der Waals surface area contributed by atoms with Crippen molar-refractivity contribution in [2.24, 2.45) is 5.92 Å². The van der Waals surface area contributed by atoms with E-state index in [1.807, 2.05) is 6.92 Å². The second-order valence-corrected chi connectivity index (χ2v) is 5.73. The molecule has 1 aromatic heterocycles. The monoisotopic (exact) mass is 257 g/mol. The van der Waals surface area contributed by atoms with Crippen molar-refractivity contribution < 1.29 is 9.90 Å². The number of fused-ring (bicyclic) bond motifs is 1. The molecule has 0 saturated heterocycles. The SMILES string of the molecule is CC(CC(=O)O)c1ccc2ccn(CC3CC3)c2c1. The van der Waals surface area contributed by atoms with Gasteiger partial charge in [0.2, 0.25) is 0 Å². The van der Waals surface area contributed by atoms with Crippen molar-refractivity contribution >= 4 is 16.9 Å². The molecule has 1 aliphatic carbocycles. The molecule has 1 atom stereocenters. The molecule has 0 spiro atoms. The molecule has 1 heterocycles. The molecule has 1 fully saturated rings. The number of rotatable bonds is 5. The lowest BCUT2D eigenvalue weighted by Crippen LogP contribution is -2.03. The third-order valence-corrected chi connectivity index (χ3v) is 4.00. The molecule has 3 rings (SSSR count). The van der Waals surface area contributed by atoms with E-state index >= 15 is 0 Å². The first-order chi connectivity index (χ1) is 9.13. The predicted octanol–water partition coefficient (Wildman–Crippen LogP) is 3.63. The van der Waals surface area contributed by atoms with Crippen molar-refractivity contribution in [1.82, 2.24) is 4.57 Å². The van der Waals surface area contributed by atoms with Gasteiger partial charge in [0.15, 0.2) is 0 Å². The highest BCUT2D eigenvalue weighted by molar-refractivity contribution is 5.81. The van der Waals surface area contributed by atoms with Crippen LogP contribution in [-0.4, -0.2) is 15.6 Å². The fourth-order valence-electron chi connectivity index (χ4n) is 2.63. The van der Waals surface area contributed by atoms with Gasteiger partial charge >= 0.3 is 5.97 Å². The highest BCUT2D eigenvalue weighted by Gasteiger charge is 2.22. The molecule has 1 N–H and O–H groups in total. The lowest BCUT2D eigenvalue weighted by Gasteiger charge is -2.11. The molecular weight excluding hydrogens is 238 g/mol. The summed E-state index contributed by atoms with van der Waals surface area (Å²) in [5, 5.41) is 10.1. The Hall–Kier alpha value is -1.77. The minimum absolute atomic E-state index is 0.0613. The first-order valence-corrected chi connectivity index (χ1v) is 6.94. The first kappa shape index (κ1) is 12.3. The Bertz CT molecular complexity index is 610. The van der Waals surface area contributed by atoms with Crippen molar-refractivity contribution in [1.29, 1.82) is 0 Å². The average molecular weight is 257 g/mol. The van der Waals surface area contributed by atoms with Crippen LogP contribution in [0.25, 0.3) is 10.9 Å². The Labute approximate surface area is 112 Å². The maximum atomic E-state index is 10.8. The normalized spacial score (nSPS) is 16.7. The zero-order chi connectivity index (χ0) is 13.4. The minimum atomic E-state index is -0.735. The van der Waals surface area contributed by atoms with Crippen LogP contribution in [-0.2, 0) is 11.3 Å². The molecule has 0 amide bonds. The number of carbonyl (C=O) groups is 1. The van der Waals surface area contributed by atoms with Crippen molar-refractivity contribution in [2.45, 2.75) is 38.6 Å². The third-order valence-electron chi connectivity index (χ3n) is 4.00. The Kier molecular flexibility index (Phi) is 3.05. The van der Waals surface area contributed by atoms with Crippen LogP contribution in [0.5, 0.6) is 0 Å². The summed E-state index contributed by atoms with van der Waals surface area (Å²) in [6, 6.07) is 8.46. The molecular formula is C16H19NO2. The van der Waals surface area contributed by atoms with Gasteiger partial charge in [-0.25, -0.2) is 0 Å². The number of benzene rings is 1. The summed E-state index contributed by atoms with van der Waals surface area (Å²) in [4.78, 5) is 10.8. The number of carboxylic acid groups (broad SMARTS) is 1. The van der Waals surface area contributed by atoms with Gasteiger partial charge in [-0.15, -0.1) is 0 Å². The van der Waals surface area contributed by atoms with E-state index in [1.54, 1.807) is 0 Å². The second kappa shape index (κ2) is 4.72. The van der Waals surface area contributed by atoms with Crippen LogP contribution in [0.3, 0.4) is 0 Å². The Morgan fingerprint density at radius 1 is 1.42 bits per heavy atom. The summed E-state index contributed by atoms with van der Waals surface area (Å²) in [7, 11) is 0. The fourth-order valence-corrected chi connectivity index (χ4v) is 2.63. The number of hydrogen-bond acceptors (Lipinski definition) is 1. The maximum Gasteiger partial charge on any atom is 0.303 e. The Morgan fingerprint density at radius 3 is 2.89 bits per heavy atom. The maximum absolute atomic E-state index is 10.8. The van der Waals surface area contributed by atoms with Crippen molar-refractivity contribution in [2.75, 3.05) is 0 Å². The van der Waals surface area contributed by atoms with Crippen molar-refractivity contribution in [3.05, 3.63) is 36.0 Å². The lowest BCUT2D eigenvalue weighted by molar-refractivity contribution is -0.137. The summed E-state index contributed by atoms with van der Waals surface area (Å²) in [5.74, 6) is 0.169. The smallest absolute Gasteiger partial charge is 0.303 e. The summed E-state index contributed by atoms with van der Waals surface area (Å²) >= 11 is 0. The van der Waals surface area contributed by atoms with Gasteiger partial charge in [-0.05, 0) is 47.8 Å². The van der Waals surface area contributed by atoms with E-state index in [2.05, 4.69) is 35.0 Å². The number of nitrogens with zero attached hydrogens (tertiary/aromatic N) is 1. The Balaban J connectivity index is 1.91. The summed E-state index contributed by atoms with van der Waals surface area (Å²) in [5.41, 5.74) is 2.35. The third kappa shape index (κ3) is 2.65. The minimum Gasteiger partial charge on any atom is -0.481 e. The molecule has 1 unspecified atom stereocenters. The number of carboxylic acids is 1.